The summed E-state index contributed by atoms with van der Waals surface area (Å²) in [6.45, 7) is 2.52. The summed E-state index contributed by atoms with van der Waals surface area (Å²) in [5.74, 6) is -2.27. The number of carbonyl (C=O) groups is 4. The minimum absolute atomic E-state index is 0.0331. The lowest BCUT2D eigenvalue weighted by Gasteiger charge is -2.48. The molecule has 0 radical (unpaired) electrons. The third-order valence-corrected chi connectivity index (χ3v) is 18.3. The molecule has 0 aromatic heterocycles. The van der Waals surface area contributed by atoms with Gasteiger partial charge in [-0.05, 0) is 70.6 Å². The number of esters is 2. The Balaban J connectivity index is 1.38. The van der Waals surface area contributed by atoms with Gasteiger partial charge in [-0.3, -0.25) is 28.2 Å². The number of unbranched alkanes of at least 4 members (excludes halogenated alkanes) is 21. The Labute approximate surface area is 574 Å². The van der Waals surface area contributed by atoms with Crippen molar-refractivity contribution < 1.29 is 127 Å². The van der Waals surface area contributed by atoms with Gasteiger partial charge in [0, 0.05) is 32.4 Å². The van der Waals surface area contributed by atoms with Gasteiger partial charge < -0.3 is 104 Å². The van der Waals surface area contributed by atoms with E-state index in [0.717, 1.165) is 83.5 Å². The first-order valence-corrected chi connectivity index (χ1v) is 37.6. The first kappa shape index (κ1) is 88.0. The Morgan fingerprint density at radius 2 is 0.928 bits per heavy atom. The largest absolute Gasteiger partial charge is 0.472 e. The van der Waals surface area contributed by atoms with E-state index in [1.165, 1.54) is 64.2 Å². The van der Waals surface area contributed by atoms with Gasteiger partial charge in [0.1, 0.15) is 79.9 Å². The Bertz CT molecular complexity index is 2180. The smallest absolute Gasteiger partial charge is 0.461 e. The molecule has 13 N–H and O–H groups in total. The molecule has 3 fully saturated rings. The normalized spacial score (nSPS) is 27.4. The highest BCUT2D eigenvalue weighted by Crippen LogP contribution is 2.43. The van der Waals surface area contributed by atoms with Gasteiger partial charge in [0.15, 0.2) is 25.0 Å². The quantitative estimate of drug-likeness (QED) is 0.0162. The summed E-state index contributed by atoms with van der Waals surface area (Å²) in [5, 5.41) is 110. The lowest BCUT2D eigenvalue weighted by atomic mass is 9.96. The number of phosphoric acid groups is 1. The second-order valence-corrected chi connectivity index (χ2v) is 27.0. The summed E-state index contributed by atoms with van der Waals surface area (Å²) >= 11 is 0. The van der Waals surface area contributed by atoms with Crippen LogP contribution in [-0.2, 0) is 70.7 Å². The van der Waals surface area contributed by atoms with Crippen LogP contribution in [0.2, 0.25) is 0 Å². The average molecular weight is 1420 g/mol. The third kappa shape index (κ3) is 36.0. The van der Waals surface area contributed by atoms with Crippen LogP contribution in [-0.4, -0.2) is 237 Å². The van der Waals surface area contributed by atoms with E-state index in [1.807, 2.05) is 12.2 Å². The van der Waals surface area contributed by atoms with Crippen LogP contribution in [0.5, 0.6) is 0 Å². The molecular formula is C68H123N2O26P. The number of rotatable bonds is 56. The summed E-state index contributed by atoms with van der Waals surface area (Å²) in [6, 6.07) is 0. The molecule has 97 heavy (non-hydrogen) atoms. The van der Waals surface area contributed by atoms with E-state index in [0.29, 0.717) is 25.7 Å². The summed E-state index contributed by atoms with van der Waals surface area (Å²) < 4.78 is 68.2. The Morgan fingerprint density at radius 3 is 1.47 bits per heavy atom. The molecule has 29 heteroatoms. The molecule has 3 saturated heterocycles. The van der Waals surface area contributed by atoms with Crippen molar-refractivity contribution >= 4 is 31.6 Å². The Morgan fingerprint density at radius 1 is 0.474 bits per heavy atom. The number of hydrogen-bond acceptors (Lipinski definition) is 25. The van der Waals surface area contributed by atoms with Crippen molar-refractivity contribution in [3.8, 4) is 0 Å². The molecule has 2 amide bonds. The molecule has 8 unspecified atom stereocenters. The van der Waals surface area contributed by atoms with Gasteiger partial charge in [0.25, 0.3) is 0 Å². The molecule has 0 aliphatic carbocycles. The van der Waals surface area contributed by atoms with Crippen molar-refractivity contribution in [3.63, 3.8) is 0 Å². The van der Waals surface area contributed by atoms with Gasteiger partial charge in [0.2, 0.25) is 11.8 Å². The molecule has 0 saturated carbocycles. The zero-order valence-electron chi connectivity index (χ0n) is 57.9. The highest BCUT2D eigenvalue weighted by molar-refractivity contribution is 7.47. The maximum Gasteiger partial charge on any atom is 0.472 e. The fraction of sp³-hybridized carbons (Fsp3) is 0.882. The van der Waals surface area contributed by atoms with E-state index in [4.69, 9.17) is 46.9 Å². The first-order chi connectivity index (χ1) is 46.7. The number of aliphatic hydroxyl groups is 10. The summed E-state index contributed by atoms with van der Waals surface area (Å²) in [4.78, 5) is 62.4. The third-order valence-electron chi connectivity index (χ3n) is 17.3. The van der Waals surface area contributed by atoms with Gasteiger partial charge in [-0.2, -0.15) is 0 Å². The zero-order valence-corrected chi connectivity index (χ0v) is 58.8. The van der Waals surface area contributed by atoms with E-state index in [-0.39, 0.29) is 51.3 Å². The molecule has 18 atom stereocenters. The SMILES string of the molecule is CCCCCCCCC=CCCCCCCCC(=O)O[C@H](COC(=O)C(/C=C\CCCCCCCC)CCCCCC)COP(=O)(O)OCCNC(=O)CCCCC(=O)NCCCO[C@@H]1OC(CO)[C@H](O[C@@H]2OC(CO)[C@H](O[C@@H]3OC(CO)[C@H](O)[C@H](O)C3O)[C@H](O)C2O)[C@H](O)C1O. The first-order valence-electron chi connectivity index (χ1n) is 36.1. The van der Waals surface area contributed by atoms with Crippen molar-refractivity contribution in [2.45, 2.75) is 318 Å². The molecule has 3 aliphatic rings. The fourth-order valence-corrected chi connectivity index (χ4v) is 12.1. The monoisotopic (exact) mass is 1410 g/mol. The van der Waals surface area contributed by atoms with Crippen LogP contribution < -0.4 is 10.6 Å². The van der Waals surface area contributed by atoms with Crippen LogP contribution in [0.1, 0.15) is 220 Å². The zero-order chi connectivity index (χ0) is 71.2. The van der Waals surface area contributed by atoms with Crippen molar-refractivity contribution in [2.75, 3.05) is 59.3 Å². The van der Waals surface area contributed by atoms with Crippen LogP contribution in [0.3, 0.4) is 0 Å². The number of allylic oxidation sites excluding steroid dienone is 3. The maximum atomic E-state index is 13.6. The predicted octanol–water partition coefficient (Wildman–Crippen LogP) is 5.15. The Hall–Kier alpha value is -3.17. The van der Waals surface area contributed by atoms with Crippen LogP contribution in [0.15, 0.2) is 24.3 Å². The molecule has 28 nitrogen and oxygen atoms in total. The van der Waals surface area contributed by atoms with Crippen molar-refractivity contribution in [3.05, 3.63) is 24.3 Å². The van der Waals surface area contributed by atoms with Gasteiger partial charge in [-0.25, -0.2) is 4.57 Å². The number of ether oxygens (including phenoxy) is 8. The molecule has 0 bridgehead atoms. The van der Waals surface area contributed by atoms with Crippen LogP contribution in [0.4, 0.5) is 0 Å². The molecule has 566 valence electrons. The van der Waals surface area contributed by atoms with Gasteiger partial charge in [0.05, 0.1) is 45.6 Å². The van der Waals surface area contributed by atoms with E-state index in [9.17, 15) is 79.7 Å². The lowest BCUT2D eigenvalue weighted by Crippen LogP contribution is -2.66. The maximum absolute atomic E-state index is 13.6. The van der Waals surface area contributed by atoms with Crippen molar-refractivity contribution in [2.24, 2.45) is 5.92 Å². The van der Waals surface area contributed by atoms with Crippen LogP contribution >= 0.6 is 7.82 Å². The van der Waals surface area contributed by atoms with Crippen LogP contribution in [0.25, 0.3) is 0 Å². The topological polar surface area (TPSA) is 424 Å². The van der Waals surface area contributed by atoms with Gasteiger partial charge in [-0.15, -0.1) is 0 Å². The van der Waals surface area contributed by atoms with Crippen molar-refractivity contribution in [1.29, 1.82) is 0 Å². The highest BCUT2D eigenvalue weighted by Gasteiger charge is 2.53. The van der Waals surface area contributed by atoms with E-state index in [1.54, 1.807) is 0 Å². The Kier molecular flexibility index (Phi) is 47.9. The minimum atomic E-state index is -4.75. The average Bonchev–Trinajstić information content (AvgIpc) is 0.798. The summed E-state index contributed by atoms with van der Waals surface area (Å²) in [6.07, 6.45) is 9.33. The van der Waals surface area contributed by atoms with Gasteiger partial charge in [-0.1, -0.05) is 154 Å². The fourth-order valence-electron chi connectivity index (χ4n) is 11.4. The number of phosphoric ester groups is 1. The highest BCUT2D eigenvalue weighted by atomic mass is 31.2. The van der Waals surface area contributed by atoms with E-state index < -0.39 is 169 Å². The lowest BCUT2D eigenvalue weighted by molar-refractivity contribution is -0.379. The summed E-state index contributed by atoms with van der Waals surface area (Å²) in [7, 11) is -4.75. The number of carbonyl (C=O) groups excluding carboxylic acids is 4. The van der Waals surface area contributed by atoms with Crippen molar-refractivity contribution in [1.82, 2.24) is 10.6 Å². The van der Waals surface area contributed by atoms with Gasteiger partial charge >= 0.3 is 19.8 Å². The molecule has 0 spiro atoms. The second kappa shape index (κ2) is 52.7. The molecular weight excluding hydrogens is 1290 g/mol. The predicted molar refractivity (Wildman–Crippen MR) is 355 cm³/mol. The number of amides is 2. The number of aliphatic hydroxyl groups excluding tert-OH is 10. The van der Waals surface area contributed by atoms with E-state index >= 15 is 0 Å². The molecule has 0 aromatic rings. The number of hydrogen-bond donors (Lipinski definition) is 13. The standard InChI is InChI=1S/C68H123N2O26P/c1-4-7-10-13-15-17-18-19-20-21-22-23-25-27-30-38-55(76)91-49(46-88-65(84)48(34-28-12-9-6-3)35-29-26-24-16-14-11-8-5-2)47-90-97(85,86)89-42-40-70-54(75)37-32-31-36-53(74)69-39-33-41-87-66-61(82)58(79)63(51(44-72)93-66)96-68-62(83)59(80)64(52(45-73)94-68)95-67-60(81)57(78)56(77)50(43-71)92-67/h19-20,29,35,48-52,56-64,66-68,71-73,77-83H,4-18,21-28,30-34,36-47H2,1-3H3,(H,69,74)(H,70,75)(H,85,86)/b20-19?,35-29-/t48?,49-,50?,51?,52?,56+,57+,58-,59-,60?,61?,62?,63+,64+,66-,67+,68+/m1/s1. The second-order valence-electron chi connectivity index (χ2n) is 25.6. The van der Waals surface area contributed by atoms with E-state index in [2.05, 4.69) is 43.6 Å². The molecule has 3 heterocycles. The number of nitrogens with one attached hydrogen (secondary N) is 2. The summed E-state index contributed by atoms with van der Waals surface area (Å²) in [5.41, 5.74) is 0. The molecule has 3 rings (SSSR count). The van der Waals surface area contributed by atoms with Crippen LogP contribution in [0, 0.1) is 5.92 Å². The minimum Gasteiger partial charge on any atom is -0.461 e. The molecule has 3 aliphatic heterocycles. The molecule has 0 aromatic carbocycles.